The zero-order valence-corrected chi connectivity index (χ0v) is 11.5. The van der Waals surface area contributed by atoms with E-state index in [2.05, 4.69) is 25.3 Å². The van der Waals surface area contributed by atoms with Crippen LogP contribution in [0.2, 0.25) is 0 Å². The fourth-order valence-electron chi connectivity index (χ4n) is 1.65. The number of aromatic amines is 1. The Labute approximate surface area is 114 Å². The molecule has 0 aromatic carbocycles. The molecule has 2 heterocycles. The second-order valence-corrected chi connectivity index (χ2v) is 4.87. The van der Waals surface area contributed by atoms with Crippen LogP contribution in [0.25, 0.3) is 11.2 Å². The van der Waals surface area contributed by atoms with Crippen LogP contribution in [-0.4, -0.2) is 51.9 Å². The Hall–Kier alpha value is -1.67. The molecule has 2 N–H and O–H groups in total. The predicted molar refractivity (Wildman–Crippen MR) is 71.9 cm³/mol. The molecule has 2 rings (SSSR count). The molecule has 0 radical (unpaired) electrons. The maximum atomic E-state index is 11.4. The Morgan fingerprint density at radius 2 is 2.37 bits per heavy atom. The van der Waals surface area contributed by atoms with Gasteiger partial charge in [0, 0.05) is 5.75 Å². The van der Waals surface area contributed by atoms with E-state index in [1.165, 1.54) is 13.4 Å². The average molecular weight is 281 g/mol. The number of imidazole rings is 1. The summed E-state index contributed by atoms with van der Waals surface area (Å²) in [4.78, 5) is 26.8. The number of nitrogens with zero attached hydrogens (tertiary/aromatic N) is 3. The van der Waals surface area contributed by atoms with Crippen LogP contribution >= 0.6 is 11.8 Å². The van der Waals surface area contributed by atoms with Crippen LogP contribution in [0.4, 0.5) is 0 Å². The van der Waals surface area contributed by atoms with E-state index >= 15 is 0 Å². The number of rotatable bonds is 6. The second-order valence-electron chi connectivity index (χ2n) is 3.78. The van der Waals surface area contributed by atoms with E-state index in [0.29, 0.717) is 12.1 Å². The van der Waals surface area contributed by atoms with E-state index in [1.807, 2.05) is 0 Å². The minimum atomic E-state index is -0.295. The van der Waals surface area contributed by atoms with Crippen molar-refractivity contribution >= 4 is 28.9 Å². The number of aromatic nitrogens is 4. The van der Waals surface area contributed by atoms with Gasteiger partial charge in [0.25, 0.3) is 0 Å². The summed E-state index contributed by atoms with van der Waals surface area (Å²) in [5.74, 6) is 0.489. The van der Waals surface area contributed by atoms with E-state index in [4.69, 9.17) is 4.74 Å². The molecule has 0 aliphatic heterocycles. The summed E-state index contributed by atoms with van der Waals surface area (Å²) in [6.45, 7) is 0. The maximum Gasteiger partial charge on any atom is 0.322 e. The molecule has 1 unspecified atom stereocenters. The third kappa shape index (κ3) is 3.21. The molecule has 0 fully saturated rings. The molecule has 19 heavy (non-hydrogen) atoms. The molecule has 0 aliphatic carbocycles. The number of H-pyrrole nitrogens is 1. The lowest BCUT2D eigenvalue weighted by atomic mass is 10.2. The number of thioether (sulfide) groups is 1. The van der Waals surface area contributed by atoms with Crippen molar-refractivity contribution < 1.29 is 9.53 Å². The van der Waals surface area contributed by atoms with Gasteiger partial charge in [-0.15, -0.1) is 11.8 Å². The number of ether oxygens (including phenoxy) is 1. The van der Waals surface area contributed by atoms with Gasteiger partial charge in [0.1, 0.15) is 22.9 Å². The van der Waals surface area contributed by atoms with Gasteiger partial charge in [-0.1, -0.05) is 0 Å². The second kappa shape index (κ2) is 6.48. The van der Waals surface area contributed by atoms with Crippen molar-refractivity contribution in [3.8, 4) is 0 Å². The zero-order chi connectivity index (χ0) is 13.7. The number of likely N-dealkylation sites (N-methyl/N-ethyl adjacent to an activating group) is 1. The summed E-state index contributed by atoms with van der Waals surface area (Å²) in [6, 6.07) is -0.295. The average Bonchev–Trinajstić information content (AvgIpc) is 2.92. The quantitative estimate of drug-likeness (QED) is 0.455. The van der Waals surface area contributed by atoms with Gasteiger partial charge in [-0.25, -0.2) is 15.0 Å². The molecule has 102 valence electrons. The summed E-state index contributed by atoms with van der Waals surface area (Å²) < 4.78 is 4.71. The molecule has 0 saturated heterocycles. The minimum Gasteiger partial charge on any atom is -0.468 e. The van der Waals surface area contributed by atoms with E-state index in [-0.39, 0.29) is 12.0 Å². The fraction of sp³-hybridized carbons (Fsp3) is 0.455. The molecule has 7 nitrogen and oxygen atoms in total. The van der Waals surface area contributed by atoms with Crippen LogP contribution < -0.4 is 5.32 Å². The third-order valence-electron chi connectivity index (χ3n) is 2.67. The topological polar surface area (TPSA) is 92.8 Å². The number of fused-ring (bicyclic) bond motifs is 1. The van der Waals surface area contributed by atoms with Crippen LogP contribution in [-0.2, 0) is 9.53 Å². The number of methoxy groups -OCH3 is 1. The van der Waals surface area contributed by atoms with Gasteiger partial charge in [-0.3, -0.25) is 4.79 Å². The standard InChI is InChI=1S/C11H15N5O2S/c1-12-7(11(17)18-2)3-4-19-10-8-9(14-5-13-8)15-6-16-10/h5-7,12H,3-4H2,1-2H3,(H,13,14,15,16). The van der Waals surface area contributed by atoms with Crippen molar-refractivity contribution in [2.24, 2.45) is 0 Å². The third-order valence-corrected chi connectivity index (χ3v) is 3.69. The van der Waals surface area contributed by atoms with Crippen LogP contribution in [0, 0.1) is 0 Å². The molecule has 0 bridgehead atoms. The van der Waals surface area contributed by atoms with Crippen LogP contribution in [0.3, 0.4) is 0 Å². The predicted octanol–water partition coefficient (Wildman–Crippen LogP) is 0.596. The van der Waals surface area contributed by atoms with Crippen molar-refractivity contribution in [3.63, 3.8) is 0 Å². The van der Waals surface area contributed by atoms with Crippen LogP contribution in [0.15, 0.2) is 17.7 Å². The molecule has 8 heteroatoms. The highest BCUT2D eigenvalue weighted by atomic mass is 32.2. The van der Waals surface area contributed by atoms with Crippen molar-refractivity contribution in [1.29, 1.82) is 0 Å². The summed E-state index contributed by atoms with van der Waals surface area (Å²) in [5, 5.41) is 3.77. The van der Waals surface area contributed by atoms with Gasteiger partial charge in [-0.05, 0) is 13.5 Å². The highest BCUT2D eigenvalue weighted by Gasteiger charge is 2.16. The van der Waals surface area contributed by atoms with Gasteiger partial charge in [0.15, 0.2) is 5.65 Å². The van der Waals surface area contributed by atoms with E-state index in [1.54, 1.807) is 25.1 Å². The Bertz CT molecular complexity index is 559. The van der Waals surface area contributed by atoms with Crippen LogP contribution in [0.1, 0.15) is 6.42 Å². The first-order chi connectivity index (χ1) is 9.26. The molecular weight excluding hydrogens is 266 g/mol. The number of esters is 1. The summed E-state index contributed by atoms with van der Waals surface area (Å²) >= 11 is 1.56. The SMILES string of the molecule is CNC(CCSc1ncnc2nc[nH]c12)C(=O)OC. The molecule has 1 atom stereocenters. The summed E-state index contributed by atoms with van der Waals surface area (Å²) in [6.07, 6.45) is 3.74. The smallest absolute Gasteiger partial charge is 0.322 e. The monoisotopic (exact) mass is 281 g/mol. The largest absolute Gasteiger partial charge is 0.468 e. The zero-order valence-electron chi connectivity index (χ0n) is 10.7. The van der Waals surface area contributed by atoms with Gasteiger partial charge in [0.2, 0.25) is 0 Å². The lowest BCUT2D eigenvalue weighted by Gasteiger charge is -2.12. The summed E-state index contributed by atoms with van der Waals surface area (Å²) in [5.41, 5.74) is 1.47. The number of nitrogens with one attached hydrogen (secondary N) is 2. The number of hydrogen-bond donors (Lipinski definition) is 2. The van der Waals surface area contributed by atoms with Crippen molar-refractivity contribution in [3.05, 3.63) is 12.7 Å². The number of carbonyl (C=O) groups is 1. The lowest BCUT2D eigenvalue weighted by molar-refractivity contribution is -0.143. The van der Waals surface area contributed by atoms with E-state index < -0.39 is 0 Å². The Morgan fingerprint density at radius 1 is 1.53 bits per heavy atom. The van der Waals surface area contributed by atoms with Gasteiger partial charge < -0.3 is 15.0 Å². The molecule has 2 aromatic rings. The van der Waals surface area contributed by atoms with E-state index in [0.717, 1.165) is 16.3 Å². The van der Waals surface area contributed by atoms with Crippen molar-refractivity contribution in [1.82, 2.24) is 25.3 Å². The molecule has 0 saturated carbocycles. The molecule has 2 aromatic heterocycles. The van der Waals surface area contributed by atoms with Crippen molar-refractivity contribution in [2.75, 3.05) is 19.9 Å². The van der Waals surface area contributed by atoms with E-state index in [9.17, 15) is 4.79 Å². The lowest BCUT2D eigenvalue weighted by Crippen LogP contribution is -2.35. The Balaban J connectivity index is 1.95. The Morgan fingerprint density at radius 3 is 3.11 bits per heavy atom. The first-order valence-electron chi connectivity index (χ1n) is 5.78. The molecule has 0 aliphatic rings. The van der Waals surface area contributed by atoms with Crippen LogP contribution in [0.5, 0.6) is 0 Å². The fourth-order valence-corrected chi connectivity index (χ4v) is 2.61. The molecule has 0 spiro atoms. The summed E-state index contributed by atoms with van der Waals surface area (Å²) in [7, 11) is 3.13. The number of hydrogen-bond acceptors (Lipinski definition) is 7. The Kier molecular flexibility index (Phi) is 4.69. The first kappa shape index (κ1) is 13.8. The van der Waals surface area contributed by atoms with Gasteiger partial charge in [-0.2, -0.15) is 0 Å². The maximum absolute atomic E-state index is 11.4. The number of carbonyl (C=O) groups excluding carboxylic acids is 1. The highest BCUT2D eigenvalue weighted by molar-refractivity contribution is 7.99. The normalized spacial score (nSPS) is 12.5. The van der Waals surface area contributed by atoms with Gasteiger partial charge in [0.05, 0.1) is 13.4 Å². The highest BCUT2D eigenvalue weighted by Crippen LogP contribution is 2.22. The first-order valence-corrected chi connectivity index (χ1v) is 6.76. The van der Waals surface area contributed by atoms with Crippen molar-refractivity contribution in [2.45, 2.75) is 17.5 Å². The molecule has 0 amide bonds. The molecular formula is C11H15N5O2S. The minimum absolute atomic E-state index is 0.252. The van der Waals surface area contributed by atoms with Gasteiger partial charge >= 0.3 is 5.97 Å².